The molecular formula is C29H22ClN3O6S2. The molecular weight excluding hydrogens is 586 g/mol. The van der Waals surface area contributed by atoms with Crippen LogP contribution in [-0.4, -0.2) is 47.3 Å². The molecule has 0 radical (unpaired) electrons. The number of halogens is 1. The number of hydrogen-bond donors (Lipinski definition) is 1. The van der Waals surface area contributed by atoms with Crippen molar-refractivity contribution in [2.75, 3.05) is 25.2 Å². The predicted octanol–water partition coefficient (Wildman–Crippen LogP) is 5.89. The second-order valence-corrected chi connectivity index (χ2v) is 11.7. The summed E-state index contributed by atoms with van der Waals surface area (Å²) < 4.78 is 17.3. The van der Waals surface area contributed by atoms with Crippen LogP contribution in [0.2, 0.25) is 5.02 Å². The summed E-state index contributed by atoms with van der Waals surface area (Å²) in [6.07, 6.45) is 0. The quantitative estimate of drug-likeness (QED) is 0.0903. The van der Waals surface area contributed by atoms with Gasteiger partial charge in [0.2, 0.25) is 5.13 Å². The first-order valence-electron chi connectivity index (χ1n) is 12.5. The van der Waals surface area contributed by atoms with Crippen molar-refractivity contribution in [3.05, 3.63) is 94.0 Å². The third-order valence-corrected chi connectivity index (χ3v) is 8.93. The Kier molecular flexibility index (Phi) is 7.57. The van der Waals surface area contributed by atoms with Gasteiger partial charge in [0.25, 0.3) is 5.78 Å². The highest BCUT2D eigenvalue weighted by Crippen LogP contribution is 2.45. The van der Waals surface area contributed by atoms with Gasteiger partial charge in [0, 0.05) is 16.3 Å². The number of ketones is 1. The molecule has 0 saturated carbocycles. The lowest BCUT2D eigenvalue weighted by molar-refractivity contribution is -0.132. The lowest BCUT2D eigenvalue weighted by Gasteiger charge is -2.23. The summed E-state index contributed by atoms with van der Waals surface area (Å²) in [6.45, 7) is 0.780. The van der Waals surface area contributed by atoms with E-state index in [0.717, 1.165) is 5.56 Å². The molecule has 0 bridgehead atoms. The number of amides is 1. The number of fused-ring (bicyclic) bond motifs is 1. The van der Waals surface area contributed by atoms with Gasteiger partial charge in [-0.3, -0.25) is 14.5 Å². The Bertz CT molecular complexity index is 1670. The standard InChI is InChI=1S/C29H22ClN3O6S2/c1-37-20-4-2-3-17(13-20)24-23(25(34)18-7-10-21-22(14-18)39-12-11-38-21)26(35)27(36)33(24)28-31-32-29(41-28)40-15-16-5-8-19(30)9-6-16/h2-10,13-14,24,34H,11-12,15H2,1H3/b25-23+. The molecule has 0 spiro atoms. The van der Waals surface area contributed by atoms with E-state index < -0.39 is 17.7 Å². The maximum Gasteiger partial charge on any atom is 0.301 e. The Hall–Kier alpha value is -4.06. The van der Waals surface area contributed by atoms with Gasteiger partial charge in [-0.15, -0.1) is 10.2 Å². The van der Waals surface area contributed by atoms with Crippen LogP contribution in [0.15, 0.2) is 76.6 Å². The summed E-state index contributed by atoms with van der Waals surface area (Å²) in [5, 5.41) is 20.9. The topological polar surface area (TPSA) is 111 Å². The van der Waals surface area contributed by atoms with E-state index in [-0.39, 0.29) is 16.5 Å². The zero-order chi connectivity index (χ0) is 28.5. The fourth-order valence-electron chi connectivity index (χ4n) is 4.59. The number of hydrogen-bond acceptors (Lipinski definition) is 10. The van der Waals surface area contributed by atoms with E-state index in [1.807, 2.05) is 24.3 Å². The highest BCUT2D eigenvalue weighted by atomic mass is 35.5. The smallest absolute Gasteiger partial charge is 0.301 e. The van der Waals surface area contributed by atoms with E-state index in [2.05, 4.69) is 10.2 Å². The van der Waals surface area contributed by atoms with Crippen LogP contribution in [0.1, 0.15) is 22.7 Å². The number of benzene rings is 3. The van der Waals surface area contributed by atoms with Gasteiger partial charge >= 0.3 is 5.91 Å². The Morgan fingerprint density at radius 1 is 1.07 bits per heavy atom. The van der Waals surface area contributed by atoms with Crippen LogP contribution < -0.4 is 19.1 Å². The zero-order valence-corrected chi connectivity index (χ0v) is 24.0. The van der Waals surface area contributed by atoms with Gasteiger partial charge in [0.15, 0.2) is 15.8 Å². The van der Waals surface area contributed by atoms with Gasteiger partial charge in [-0.05, 0) is 53.6 Å². The molecule has 3 heterocycles. The van der Waals surface area contributed by atoms with Crippen LogP contribution in [0.3, 0.4) is 0 Å². The molecule has 41 heavy (non-hydrogen) atoms. The van der Waals surface area contributed by atoms with Crippen molar-refractivity contribution in [3.63, 3.8) is 0 Å². The maximum absolute atomic E-state index is 13.5. The number of nitrogens with zero attached hydrogens (tertiary/aromatic N) is 3. The van der Waals surface area contributed by atoms with Gasteiger partial charge in [0.05, 0.1) is 18.7 Å². The van der Waals surface area contributed by atoms with Crippen LogP contribution in [0.4, 0.5) is 5.13 Å². The number of carbonyl (C=O) groups excluding carboxylic acids is 2. The van der Waals surface area contributed by atoms with Crippen LogP contribution in [0.25, 0.3) is 5.76 Å². The highest BCUT2D eigenvalue weighted by Gasteiger charge is 2.48. The lowest BCUT2D eigenvalue weighted by atomic mass is 9.95. The molecule has 1 saturated heterocycles. The molecule has 12 heteroatoms. The van der Waals surface area contributed by atoms with Gasteiger partial charge in [-0.1, -0.05) is 59.0 Å². The van der Waals surface area contributed by atoms with Crippen molar-refractivity contribution in [2.24, 2.45) is 0 Å². The first-order valence-corrected chi connectivity index (χ1v) is 14.7. The monoisotopic (exact) mass is 607 g/mol. The number of methoxy groups -OCH3 is 1. The summed E-state index contributed by atoms with van der Waals surface area (Å²) >= 11 is 8.63. The number of aliphatic hydroxyl groups excluding tert-OH is 1. The minimum atomic E-state index is -0.972. The van der Waals surface area contributed by atoms with E-state index in [9.17, 15) is 14.7 Å². The first-order chi connectivity index (χ1) is 19.9. The second-order valence-electron chi connectivity index (χ2n) is 9.07. The molecule has 1 unspecified atom stereocenters. The number of aromatic nitrogens is 2. The van der Waals surface area contributed by atoms with Crippen molar-refractivity contribution < 1.29 is 28.9 Å². The molecule has 3 aromatic carbocycles. The van der Waals surface area contributed by atoms with E-state index >= 15 is 0 Å². The molecule has 0 aliphatic carbocycles. The zero-order valence-electron chi connectivity index (χ0n) is 21.6. The molecule has 208 valence electrons. The van der Waals surface area contributed by atoms with E-state index in [0.29, 0.717) is 56.7 Å². The van der Waals surface area contributed by atoms with Crippen molar-refractivity contribution in [3.8, 4) is 17.2 Å². The summed E-state index contributed by atoms with van der Waals surface area (Å²) in [4.78, 5) is 28.3. The van der Waals surface area contributed by atoms with Crippen molar-refractivity contribution in [1.82, 2.24) is 10.2 Å². The van der Waals surface area contributed by atoms with E-state index in [1.165, 1.54) is 35.1 Å². The molecule has 1 N–H and O–H groups in total. The maximum atomic E-state index is 13.5. The third-order valence-electron chi connectivity index (χ3n) is 6.55. The molecule has 1 aromatic heterocycles. The molecule has 1 atom stereocenters. The number of ether oxygens (including phenoxy) is 3. The Labute approximate surface area is 248 Å². The van der Waals surface area contributed by atoms with E-state index in [1.54, 1.807) is 42.5 Å². The number of anilines is 1. The van der Waals surface area contributed by atoms with Crippen molar-refractivity contribution in [1.29, 1.82) is 0 Å². The van der Waals surface area contributed by atoms with Gasteiger partial charge in [0.1, 0.15) is 24.7 Å². The fourth-order valence-corrected chi connectivity index (χ4v) is 6.54. The van der Waals surface area contributed by atoms with Crippen LogP contribution in [-0.2, 0) is 15.3 Å². The van der Waals surface area contributed by atoms with Gasteiger partial charge in [-0.2, -0.15) is 0 Å². The Morgan fingerprint density at radius 3 is 2.63 bits per heavy atom. The molecule has 1 amide bonds. The fraction of sp³-hybridized carbons (Fsp3) is 0.172. The summed E-state index contributed by atoms with van der Waals surface area (Å²) in [6, 6.07) is 18.4. The number of rotatable bonds is 7. The van der Waals surface area contributed by atoms with Crippen LogP contribution in [0.5, 0.6) is 17.2 Å². The number of thioether (sulfide) groups is 1. The predicted molar refractivity (Wildman–Crippen MR) is 156 cm³/mol. The minimum absolute atomic E-state index is 0.0782. The largest absolute Gasteiger partial charge is 0.507 e. The van der Waals surface area contributed by atoms with Crippen LogP contribution >= 0.6 is 34.7 Å². The van der Waals surface area contributed by atoms with Gasteiger partial charge < -0.3 is 19.3 Å². The van der Waals surface area contributed by atoms with Gasteiger partial charge in [-0.25, -0.2) is 0 Å². The first kappa shape index (κ1) is 27.1. The summed E-state index contributed by atoms with van der Waals surface area (Å²) in [7, 11) is 1.53. The Balaban J connectivity index is 1.39. The average Bonchev–Trinajstić information content (AvgIpc) is 3.58. The average molecular weight is 608 g/mol. The molecule has 9 nitrogen and oxygen atoms in total. The number of aliphatic hydroxyl groups is 1. The van der Waals surface area contributed by atoms with Crippen molar-refractivity contribution in [2.45, 2.75) is 16.1 Å². The highest BCUT2D eigenvalue weighted by molar-refractivity contribution is 8.00. The summed E-state index contributed by atoms with van der Waals surface area (Å²) in [5.41, 5.74) is 1.85. The molecule has 1 fully saturated rings. The lowest BCUT2D eigenvalue weighted by Crippen LogP contribution is -2.29. The number of Topliss-reactive ketones (excluding diaryl/α,β-unsaturated/α-hetero) is 1. The molecule has 2 aliphatic heterocycles. The third kappa shape index (κ3) is 5.35. The van der Waals surface area contributed by atoms with Crippen LogP contribution in [0, 0.1) is 0 Å². The van der Waals surface area contributed by atoms with Crippen molar-refractivity contribution >= 4 is 57.3 Å². The molecule has 6 rings (SSSR count). The summed E-state index contributed by atoms with van der Waals surface area (Å²) in [5.74, 6) is 0.141. The SMILES string of the molecule is COc1cccc(C2/C(=C(\O)c3ccc4c(c3)OCCO4)C(=O)C(=O)N2c2nnc(SCc3ccc(Cl)cc3)s2)c1. The normalized spacial score (nSPS) is 17.6. The molecule has 2 aliphatic rings. The molecule has 4 aromatic rings. The number of carbonyl (C=O) groups is 2. The Morgan fingerprint density at radius 2 is 1.85 bits per heavy atom. The van der Waals surface area contributed by atoms with E-state index in [4.69, 9.17) is 25.8 Å². The minimum Gasteiger partial charge on any atom is -0.507 e. The second kappa shape index (κ2) is 11.4.